The van der Waals surface area contributed by atoms with Gasteiger partial charge in [0.05, 0.1) is 18.2 Å². The molecule has 0 fully saturated rings. The second kappa shape index (κ2) is 4.45. The van der Waals surface area contributed by atoms with E-state index in [-0.39, 0.29) is 5.69 Å². The molecule has 2 aromatic heterocycles. The van der Waals surface area contributed by atoms with Crippen molar-refractivity contribution in [3.63, 3.8) is 0 Å². The first kappa shape index (κ1) is 12.3. The number of hydrogen-bond acceptors (Lipinski definition) is 3. The molecule has 1 N–H and O–H groups in total. The number of aromatic carboxylic acids is 1. The summed E-state index contributed by atoms with van der Waals surface area (Å²) in [7, 11) is 3.30. The van der Waals surface area contributed by atoms with E-state index < -0.39 is 5.97 Å². The Bertz CT molecular complexity index is 797. The van der Waals surface area contributed by atoms with E-state index in [1.54, 1.807) is 30.9 Å². The molecule has 0 atom stereocenters. The first-order valence-electron chi connectivity index (χ1n) is 6.07. The van der Waals surface area contributed by atoms with Gasteiger partial charge in [-0.05, 0) is 30.3 Å². The average molecular weight is 271 g/mol. The molecule has 5 heteroatoms. The normalized spacial score (nSPS) is 10.9. The highest BCUT2D eigenvalue weighted by Gasteiger charge is 2.16. The van der Waals surface area contributed by atoms with E-state index in [4.69, 9.17) is 14.3 Å². The van der Waals surface area contributed by atoms with Gasteiger partial charge in [-0.2, -0.15) is 0 Å². The largest absolute Gasteiger partial charge is 0.496 e. The van der Waals surface area contributed by atoms with Crippen molar-refractivity contribution in [3.8, 4) is 17.2 Å². The van der Waals surface area contributed by atoms with Crippen LogP contribution in [0.25, 0.3) is 22.4 Å². The summed E-state index contributed by atoms with van der Waals surface area (Å²) < 4.78 is 12.7. The lowest BCUT2D eigenvalue weighted by molar-refractivity contribution is 0.0686. The molecule has 0 spiro atoms. The van der Waals surface area contributed by atoms with Gasteiger partial charge in [-0.25, -0.2) is 4.79 Å². The average Bonchev–Trinajstić information content (AvgIpc) is 3.00. The maximum absolute atomic E-state index is 11.1. The first-order valence-corrected chi connectivity index (χ1v) is 6.07. The van der Waals surface area contributed by atoms with Crippen molar-refractivity contribution < 1.29 is 19.1 Å². The number of carboxylic acids is 1. The zero-order chi connectivity index (χ0) is 14.3. The van der Waals surface area contributed by atoms with Crippen LogP contribution >= 0.6 is 0 Å². The number of furan rings is 1. The van der Waals surface area contributed by atoms with Crippen LogP contribution in [-0.2, 0) is 7.05 Å². The monoisotopic (exact) mass is 271 g/mol. The summed E-state index contributed by atoms with van der Waals surface area (Å²) in [6.07, 6.45) is 0. The lowest BCUT2D eigenvalue weighted by Gasteiger charge is -2.01. The lowest BCUT2D eigenvalue weighted by atomic mass is 10.2. The van der Waals surface area contributed by atoms with Crippen molar-refractivity contribution in [3.05, 3.63) is 42.1 Å². The first-order chi connectivity index (χ1) is 9.61. The molecule has 102 valence electrons. The molecule has 0 unspecified atom stereocenters. The zero-order valence-electron chi connectivity index (χ0n) is 11.1. The molecule has 0 radical (unpaired) electrons. The van der Waals surface area contributed by atoms with Crippen LogP contribution in [0.3, 0.4) is 0 Å². The van der Waals surface area contributed by atoms with Gasteiger partial charge >= 0.3 is 5.97 Å². The summed E-state index contributed by atoms with van der Waals surface area (Å²) in [6, 6.07) is 10.7. The summed E-state index contributed by atoms with van der Waals surface area (Å²) in [5.41, 5.74) is 1.63. The zero-order valence-corrected chi connectivity index (χ0v) is 11.1. The number of methoxy groups -OCH3 is 1. The van der Waals surface area contributed by atoms with Crippen molar-refractivity contribution >= 4 is 16.9 Å². The second-order valence-electron chi connectivity index (χ2n) is 4.45. The van der Waals surface area contributed by atoms with E-state index in [9.17, 15) is 4.79 Å². The molecule has 0 aliphatic heterocycles. The maximum Gasteiger partial charge on any atom is 0.352 e. The SMILES string of the molecule is COc1cccc2oc(-c3ccc(C(=O)O)n3C)cc12. The van der Waals surface area contributed by atoms with Gasteiger partial charge in [0.1, 0.15) is 17.0 Å². The third-order valence-corrected chi connectivity index (χ3v) is 3.33. The Morgan fingerprint density at radius 3 is 2.75 bits per heavy atom. The predicted molar refractivity (Wildman–Crippen MR) is 74.1 cm³/mol. The highest BCUT2D eigenvalue weighted by molar-refractivity contribution is 5.90. The number of ether oxygens (including phenoxy) is 1. The highest BCUT2D eigenvalue weighted by atomic mass is 16.5. The van der Waals surface area contributed by atoms with E-state index in [1.807, 2.05) is 24.3 Å². The van der Waals surface area contributed by atoms with Crippen LogP contribution in [0.1, 0.15) is 10.5 Å². The van der Waals surface area contributed by atoms with Crippen LogP contribution in [0, 0.1) is 0 Å². The number of carboxylic acid groups (broad SMARTS) is 1. The van der Waals surface area contributed by atoms with Gasteiger partial charge < -0.3 is 18.8 Å². The number of carbonyl (C=O) groups is 1. The van der Waals surface area contributed by atoms with E-state index >= 15 is 0 Å². The minimum Gasteiger partial charge on any atom is -0.496 e. The number of hydrogen-bond donors (Lipinski definition) is 1. The molecule has 3 rings (SSSR count). The smallest absolute Gasteiger partial charge is 0.352 e. The number of benzene rings is 1. The fraction of sp³-hybridized carbons (Fsp3) is 0.133. The second-order valence-corrected chi connectivity index (χ2v) is 4.45. The molecule has 5 nitrogen and oxygen atoms in total. The summed E-state index contributed by atoms with van der Waals surface area (Å²) in [5.74, 6) is 0.372. The third-order valence-electron chi connectivity index (χ3n) is 3.33. The van der Waals surface area contributed by atoms with Crippen LogP contribution < -0.4 is 4.74 Å². The Kier molecular flexibility index (Phi) is 2.75. The molecule has 0 saturated heterocycles. The molecule has 3 aromatic rings. The van der Waals surface area contributed by atoms with Crippen molar-refractivity contribution in [2.75, 3.05) is 7.11 Å². The molecular formula is C15H13NO4. The number of nitrogens with zero attached hydrogens (tertiary/aromatic N) is 1. The molecule has 0 bridgehead atoms. The number of rotatable bonds is 3. The molecule has 0 aliphatic carbocycles. The quantitative estimate of drug-likeness (QED) is 0.794. The minimum atomic E-state index is -0.965. The molecule has 20 heavy (non-hydrogen) atoms. The van der Waals surface area contributed by atoms with Crippen LogP contribution in [0.15, 0.2) is 40.8 Å². The molecule has 2 heterocycles. The topological polar surface area (TPSA) is 64.6 Å². The van der Waals surface area contributed by atoms with Gasteiger partial charge in [-0.15, -0.1) is 0 Å². The van der Waals surface area contributed by atoms with Crippen molar-refractivity contribution in [2.24, 2.45) is 7.05 Å². The number of fused-ring (bicyclic) bond motifs is 1. The minimum absolute atomic E-state index is 0.215. The van der Waals surface area contributed by atoms with E-state index in [2.05, 4.69) is 0 Å². The highest BCUT2D eigenvalue weighted by Crippen LogP contribution is 2.33. The Hall–Kier alpha value is -2.69. The van der Waals surface area contributed by atoms with Crippen LogP contribution in [0.5, 0.6) is 5.75 Å². The Labute approximate surface area is 115 Å². The van der Waals surface area contributed by atoms with Gasteiger partial charge in [0.2, 0.25) is 0 Å². The molecule has 0 amide bonds. The molecule has 1 aromatic carbocycles. The Balaban J connectivity index is 2.18. The van der Waals surface area contributed by atoms with Gasteiger partial charge in [-0.1, -0.05) is 6.07 Å². The van der Waals surface area contributed by atoms with Gasteiger partial charge in [0.25, 0.3) is 0 Å². The van der Waals surface area contributed by atoms with Gasteiger partial charge in [0.15, 0.2) is 5.76 Å². The molecule has 0 saturated carbocycles. The summed E-state index contributed by atoms with van der Waals surface area (Å²) in [4.78, 5) is 11.1. The van der Waals surface area contributed by atoms with E-state index in [1.165, 1.54) is 0 Å². The Morgan fingerprint density at radius 1 is 1.30 bits per heavy atom. The fourth-order valence-corrected chi connectivity index (χ4v) is 2.31. The van der Waals surface area contributed by atoms with Crippen molar-refractivity contribution in [1.82, 2.24) is 4.57 Å². The van der Waals surface area contributed by atoms with Crippen LogP contribution in [-0.4, -0.2) is 22.8 Å². The lowest BCUT2D eigenvalue weighted by Crippen LogP contribution is -2.04. The van der Waals surface area contributed by atoms with Gasteiger partial charge in [0, 0.05) is 7.05 Å². The molecule has 0 aliphatic rings. The summed E-state index contributed by atoms with van der Waals surface area (Å²) in [6.45, 7) is 0. The summed E-state index contributed by atoms with van der Waals surface area (Å²) >= 11 is 0. The van der Waals surface area contributed by atoms with Crippen molar-refractivity contribution in [2.45, 2.75) is 0 Å². The molecular weight excluding hydrogens is 258 g/mol. The van der Waals surface area contributed by atoms with Crippen molar-refractivity contribution in [1.29, 1.82) is 0 Å². The maximum atomic E-state index is 11.1. The van der Waals surface area contributed by atoms with Crippen LogP contribution in [0.4, 0.5) is 0 Å². The van der Waals surface area contributed by atoms with E-state index in [0.717, 1.165) is 11.1 Å². The predicted octanol–water partition coefficient (Wildman–Crippen LogP) is 3.15. The van der Waals surface area contributed by atoms with Crippen LogP contribution in [0.2, 0.25) is 0 Å². The third kappa shape index (κ3) is 1.75. The van der Waals surface area contributed by atoms with E-state index in [0.29, 0.717) is 17.0 Å². The standard InChI is InChI=1S/C15H13NO4/c1-16-10(6-7-11(16)15(17)18)14-8-9-12(19-2)4-3-5-13(9)20-14/h3-8H,1-2H3,(H,17,18). The fourth-order valence-electron chi connectivity index (χ4n) is 2.31. The Morgan fingerprint density at radius 2 is 2.10 bits per heavy atom. The number of aromatic nitrogens is 1. The van der Waals surface area contributed by atoms with Gasteiger partial charge in [-0.3, -0.25) is 0 Å². The summed E-state index contributed by atoms with van der Waals surface area (Å²) in [5, 5.41) is 9.94.